The predicted octanol–water partition coefficient (Wildman–Crippen LogP) is 2.96. The molecule has 1 N–H and O–H groups in total. The molecule has 1 saturated heterocycles. The van der Waals surface area contributed by atoms with E-state index in [1.807, 2.05) is 0 Å². The second-order valence-corrected chi connectivity index (χ2v) is 5.65. The molecule has 76 valence electrons. The molecule has 0 aromatic carbocycles. The maximum absolute atomic E-state index is 3.57. The third-order valence-corrected chi connectivity index (χ3v) is 4.64. The third kappa shape index (κ3) is 1.52. The van der Waals surface area contributed by atoms with Crippen molar-refractivity contribution < 1.29 is 0 Å². The Bertz CT molecular complexity index is 178. The number of rotatable bonds is 0. The fourth-order valence-electron chi connectivity index (χ4n) is 3.35. The maximum atomic E-state index is 3.57. The number of hydrogen-bond donors (Lipinski definition) is 1. The van der Waals surface area contributed by atoms with Crippen molar-refractivity contribution >= 4 is 0 Å². The summed E-state index contributed by atoms with van der Waals surface area (Å²) in [5.74, 6) is 0. The zero-order chi connectivity index (χ0) is 9.36. The Balaban J connectivity index is 2.20. The lowest BCUT2D eigenvalue weighted by atomic mass is 9.62. The summed E-state index contributed by atoms with van der Waals surface area (Å²) in [6.45, 7) is 7.51. The Kier molecular flexibility index (Phi) is 2.39. The topological polar surface area (TPSA) is 12.0 Å². The molecule has 1 spiro atoms. The van der Waals surface area contributed by atoms with Crippen molar-refractivity contribution in [1.82, 2.24) is 5.32 Å². The minimum absolute atomic E-state index is 0.576. The molecule has 0 aromatic rings. The standard InChI is InChI=1S/C12H23N/c1-11(2)6-4-3-5-7-12(11)8-9-13-10-12/h13H,3-10H2,1-2H3. The summed E-state index contributed by atoms with van der Waals surface area (Å²) in [5.41, 5.74) is 1.22. The summed E-state index contributed by atoms with van der Waals surface area (Å²) in [6.07, 6.45) is 8.70. The van der Waals surface area contributed by atoms with Crippen LogP contribution in [0.2, 0.25) is 0 Å². The SMILES string of the molecule is CC1(C)CCCCCC12CCNC2. The van der Waals surface area contributed by atoms with E-state index in [1.54, 1.807) is 0 Å². The van der Waals surface area contributed by atoms with Crippen molar-refractivity contribution in [3.63, 3.8) is 0 Å². The van der Waals surface area contributed by atoms with Gasteiger partial charge in [-0.3, -0.25) is 0 Å². The van der Waals surface area contributed by atoms with Gasteiger partial charge in [-0.25, -0.2) is 0 Å². The highest BCUT2D eigenvalue weighted by Crippen LogP contribution is 2.52. The molecule has 2 rings (SSSR count). The molecule has 1 unspecified atom stereocenters. The first-order valence-electron chi connectivity index (χ1n) is 5.87. The van der Waals surface area contributed by atoms with Crippen molar-refractivity contribution in [2.45, 2.75) is 52.4 Å². The van der Waals surface area contributed by atoms with Gasteiger partial charge < -0.3 is 5.32 Å². The lowest BCUT2D eigenvalue weighted by molar-refractivity contribution is 0.0795. The van der Waals surface area contributed by atoms with E-state index >= 15 is 0 Å². The van der Waals surface area contributed by atoms with Crippen molar-refractivity contribution in [3.05, 3.63) is 0 Å². The van der Waals surface area contributed by atoms with Gasteiger partial charge in [0.1, 0.15) is 0 Å². The third-order valence-electron chi connectivity index (χ3n) is 4.64. The first kappa shape index (κ1) is 9.51. The van der Waals surface area contributed by atoms with Crippen LogP contribution in [0.1, 0.15) is 52.4 Å². The molecule has 1 aliphatic carbocycles. The smallest absolute Gasteiger partial charge is 0.00134 e. The van der Waals surface area contributed by atoms with Gasteiger partial charge in [0.25, 0.3) is 0 Å². The van der Waals surface area contributed by atoms with Gasteiger partial charge >= 0.3 is 0 Å². The Morgan fingerprint density at radius 2 is 1.69 bits per heavy atom. The summed E-state index contributed by atoms with van der Waals surface area (Å²) in [5, 5.41) is 3.57. The highest BCUT2D eigenvalue weighted by atomic mass is 14.9. The molecule has 1 heterocycles. The zero-order valence-corrected chi connectivity index (χ0v) is 9.16. The monoisotopic (exact) mass is 181 g/mol. The Labute approximate surface area is 82.3 Å². The minimum Gasteiger partial charge on any atom is -0.316 e. The van der Waals surface area contributed by atoms with E-state index in [1.165, 1.54) is 51.6 Å². The molecule has 1 heteroatoms. The molecule has 0 radical (unpaired) electrons. The molecule has 1 nitrogen and oxygen atoms in total. The van der Waals surface area contributed by atoms with Crippen LogP contribution in [0.5, 0.6) is 0 Å². The first-order valence-corrected chi connectivity index (χ1v) is 5.87. The summed E-state index contributed by atoms with van der Waals surface area (Å²) < 4.78 is 0. The van der Waals surface area contributed by atoms with Gasteiger partial charge in [0.15, 0.2) is 0 Å². The van der Waals surface area contributed by atoms with Crippen LogP contribution in [-0.4, -0.2) is 13.1 Å². The van der Waals surface area contributed by atoms with Crippen LogP contribution < -0.4 is 5.32 Å². The Morgan fingerprint density at radius 1 is 0.923 bits per heavy atom. The van der Waals surface area contributed by atoms with Crippen molar-refractivity contribution in [2.24, 2.45) is 10.8 Å². The van der Waals surface area contributed by atoms with Gasteiger partial charge in [-0.2, -0.15) is 0 Å². The molecule has 1 saturated carbocycles. The second-order valence-electron chi connectivity index (χ2n) is 5.65. The lowest BCUT2D eigenvalue weighted by Gasteiger charge is -2.43. The normalized spacial score (nSPS) is 39.2. The molecule has 1 aliphatic heterocycles. The summed E-state index contributed by atoms with van der Waals surface area (Å²) in [6, 6.07) is 0. The summed E-state index contributed by atoms with van der Waals surface area (Å²) in [7, 11) is 0. The summed E-state index contributed by atoms with van der Waals surface area (Å²) in [4.78, 5) is 0. The highest BCUT2D eigenvalue weighted by molar-refractivity contribution is 4.99. The van der Waals surface area contributed by atoms with E-state index in [0.717, 1.165) is 0 Å². The van der Waals surface area contributed by atoms with Gasteiger partial charge in [-0.1, -0.05) is 33.1 Å². The molecule has 1 atom stereocenters. The molecular weight excluding hydrogens is 158 g/mol. The molecule has 13 heavy (non-hydrogen) atoms. The Hall–Kier alpha value is -0.0400. The van der Waals surface area contributed by atoms with E-state index in [0.29, 0.717) is 10.8 Å². The van der Waals surface area contributed by atoms with Gasteiger partial charge in [0.2, 0.25) is 0 Å². The lowest BCUT2D eigenvalue weighted by Crippen LogP contribution is -2.38. The average Bonchev–Trinajstić information content (AvgIpc) is 2.48. The quantitative estimate of drug-likeness (QED) is 0.606. The zero-order valence-electron chi connectivity index (χ0n) is 9.16. The van der Waals surface area contributed by atoms with Crippen LogP contribution in [0, 0.1) is 10.8 Å². The van der Waals surface area contributed by atoms with E-state index in [-0.39, 0.29) is 0 Å². The molecule has 0 bridgehead atoms. The molecule has 2 fully saturated rings. The van der Waals surface area contributed by atoms with E-state index < -0.39 is 0 Å². The molecule has 0 aromatic heterocycles. The largest absolute Gasteiger partial charge is 0.316 e. The fourth-order valence-corrected chi connectivity index (χ4v) is 3.35. The minimum atomic E-state index is 0.576. The van der Waals surface area contributed by atoms with E-state index in [4.69, 9.17) is 0 Å². The van der Waals surface area contributed by atoms with Crippen LogP contribution in [0.25, 0.3) is 0 Å². The van der Waals surface area contributed by atoms with Crippen molar-refractivity contribution in [1.29, 1.82) is 0 Å². The molecule has 2 aliphatic rings. The van der Waals surface area contributed by atoms with Gasteiger partial charge in [0, 0.05) is 6.54 Å². The Morgan fingerprint density at radius 3 is 2.38 bits per heavy atom. The van der Waals surface area contributed by atoms with Gasteiger partial charge in [0.05, 0.1) is 0 Å². The van der Waals surface area contributed by atoms with Crippen molar-refractivity contribution in [3.8, 4) is 0 Å². The van der Waals surface area contributed by atoms with E-state index in [9.17, 15) is 0 Å². The molecule has 0 amide bonds. The predicted molar refractivity (Wildman–Crippen MR) is 56.8 cm³/mol. The van der Waals surface area contributed by atoms with Crippen LogP contribution in [-0.2, 0) is 0 Å². The first-order chi connectivity index (χ1) is 6.16. The maximum Gasteiger partial charge on any atom is 0.00134 e. The van der Waals surface area contributed by atoms with Crippen LogP contribution in [0.3, 0.4) is 0 Å². The fraction of sp³-hybridized carbons (Fsp3) is 1.00. The number of hydrogen-bond acceptors (Lipinski definition) is 1. The highest BCUT2D eigenvalue weighted by Gasteiger charge is 2.46. The van der Waals surface area contributed by atoms with Crippen molar-refractivity contribution in [2.75, 3.05) is 13.1 Å². The van der Waals surface area contributed by atoms with Gasteiger partial charge in [-0.15, -0.1) is 0 Å². The number of nitrogens with one attached hydrogen (secondary N) is 1. The summed E-state index contributed by atoms with van der Waals surface area (Å²) >= 11 is 0. The molecular formula is C12H23N. The van der Waals surface area contributed by atoms with Gasteiger partial charge in [-0.05, 0) is 36.6 Å². The van der Waals surface area contributed by atoms with Crippen LogP contribution in [0.4, 0.5) is 0 Å². The van der Waals surface area contributed by atoms with Crippen LogP contribution >= 0.6 is 0 Å². The second kappa shape index (κ2) is 3.27. The van der Waals surface area contributed by atoms with E-state index in [2.05, 4.69) is 19.2 Å². The van der Waals surface area contributed by atoms with Crippen LogP contribution in [0.15, 0.2) is 0 Å². The average molecular weight is 181 g/mol.